The SMILES string of the molecule is NCC1(NCCC2CCC2)CCCSC1. The Kier molecular flexibility index (Phi) is 4.35. The predicted molar refractivity (Wildman–Crippen MR) is 68.3 cm³/mol. The lowest BCUT2D eigenvalue weighted by molar-refractivity contribution is 0.265. The zero-order valence-electron chi connectivity index (χ0n) is 9.63. The fourth-order valence-electron chi connectivity index (χ4n) is 2.55. The van der Waals surface area contributed by atoms with Gasteiger partial charge in [-0.05, 0) is 37.5 Å². The second kappa shape index (κ2) is 5.55. The van der Waals surface area contributed by atoms with Crippen molar-refractivity contribution in [1.82, 2.24) is 5.32 Å². The zero-order valence-corrected chi connectivity index (χ0v) is 10.5. The molecule has 0 spiro atoms. The summed E-state index contributed by atoms with van der Waals surface area (Å²) in [7, 11) is 0. The van der Waals surface area contributed by atoms with Crippen molar-refractivity contribution in [2.75, 3.05) is 24.6 Å². The highest BCUT2D eigenvalue weighted by Gasteiger charge is 2.30. The third-order valence-electron chi connectivity index (χ3n) is 3.99. The van der Waals surface area contributed by atoms with Crippen LogP contribution in [-0.2, 0) is 0 Å². The Labute approximate surface area is 97.8 Å². The summed E-state index contributed by atoms with van der Waals surface area (Å²) < 4.78 is 0. The molecular weight excluding hydrogens is 204 g/mol. The molecule has 2 rings (SSSR count). The standard InChI is InChI=1S/C12H24N2S/c13-9-12(6-2-8-15-10-12)14-7-5-11-3-1-4-11/h11,14H,1-10,13H2. The third kappa shape index (κ3) is 3.11. The van der Waals surface area contributed by atoms with Gasteiger partial charge in [-0.1, -0.05) is 19.3 Å². The van der Waals surface area contributed by atoms with Gasteiger partial charge in [-0.3, -0.25) is 0 Å². The van der Waals surface area contributed by atoms with Crippen molar-refractivity contribution >= 4 is 11.8 Å². The van der Waals surface area contributed by atoms with Crippen LogP contribution in [0.4, 0.5) is 0 Å². The molecule has 0 radical (unpaired) electrons. The van der Waals surface area contributed by atoms with Crippen molar-refractivity contribution in [1.29, 1.82) is 0 Å². The Hall–Kier alpha value is 0.270. The lowest BCUT2D eigenvalue weighted by Gasteiger charge is -2.38. The van der Waals surface area contributed by atoms with Gasteiger partial charge in [0.05, 0.1) is 0 Å². The lowest BCUT2D eigenvalue weighted by atomic mass is 9.83. The number of hydrogen-bond donors (Lipinski definition) is 2. The van der Waals surface area contributed by atoms with Gasteiger partial charge >= 0.3 is 0 Å². The molecule has 1 heterocycles. The topological polar surface area (TPSA) is 38.0 Å². The highest BCUT2D eigenvalue weighted by atomic mass is 32.2. The number of nitrogens with one attached hydrogen (secondary N) is 1. The molecule has 2 fully saturated rings. The van der Waals surface area contributed by atoms with Crippen molar-refractivity contribution in [2.45, 2.75) is 44.1 Å². The highest BCUT2D eigenvalue weighted by Crippen LogP contribution is 2.30. The average Bonchev–Trinajstić information content (AvgIpc) is 2.23. The lowest BCUT2D eigenvalue weighted by Crippen LogP contribution is -2.55. The largest absolute Gasteiger partial charge is 0.329 e. The van der Waals surface area contributed by atoms with Crippen LogP contribution in [0.15, 0.2) is 0 Å². The first kappa shape index (κ1) is 11.7. The Morgan fingerprint density at radius 3 is 2.73 bits per heavy atom. The smallest absolute Gasteiger partial charge is 0.0395 e. The Morgan fingerprint density at radius 1 is 1.33 bits per heavy atom. The second-order valence-electron chi connectivity index (χ2n) is 5.15. The molecule has 2 aliphatic rings. The number of rotatable bonds is 5. The monoisotopic (exact) mass is 228 g/mol. The Bertz CT molecular complexity index is 186. The van der Waals surface area contributed by atoms with Crippen molar-refractivity contribution < 1.29 is 0 Å². The zero-order chi connectivity index (χ0) is 10.6. The average molecular weight is 228 g/mol. The van der Waals surface area contributed by atoms with Crippen LogP contribution in [0, 0.1) is 5.92 Å². The van der Waals surface area contributed by atoms with Crippen molar-refractivity contribution in [3.8, 4) is 0 Å². The van der Waals surface area contributed by atoms with Crippen molar-refractivity contribution in [3.63, 3.8) is 0 Å². The van der Waals surface area contributed by atoms with Crippen LogP contribution in [0.2, 0.25) is 0 Å². The maximum Gasteiger partial charge on any atom is 0.0395 e. The molecular formula is C12H24N2S. The van der Waals surface area contributed by atoms with E-state index in [-0.39, 0.29) is 5.54 Å². The summed E-state index contributed by atoms with van der Waals surface area (Å²) in [5, 5.41) is 3.74. The number of nitrogens with two attached hydrogens (primary N) is 1. The van der Waals surface area contributed by atoms with Crippen molar-refractivity contribution in [2.24, 2.45) is 11.7 Å². The molecule has 1 unspecified atom stereocenters. The van der Waals surface area contributed by atoms with Crippen LogP contribution >= 0.6 is 11.8 Å². The van der Waals surface area contributed by atoms with Crippen LogP contribution in [0.3, 0.4) is 0 Å². The van der Waals surface area contributed by atoms with Gasteiger partial charge in [-0.15, -0.1) is 0 Å². The first-order valence-corrected chi connectivity index (χ1v) is 7.53. The minimum atomic E-state index is 0.270. The maximum absolute atomic E-state index is 5.93. The highest BCUT2D eigenvalue weighted by molar-refractivity contribution is 7.99. The summed E-state index contributed by atoms with van der Waals surface area (Å²) in [5.41, 5.74) is 6.20. The quantitative estimate of drug-likeness (QED) is 0.756. The van der Waals surface area contributed by atoms with E-state index in [1.807, 2.05) is 0 Å². The van der Waals surface area contributed by atoms with Crippen LogP contribution in [0.1, 0.15) is 38.5 Å². The summed E-state index contributed by atoms with van der Waals surface area (Å²) >= 11 is 2.06. The second-order valence-corrected chi connectivity index (χ2v) is 6.26. The van der Waals surface area contributed by atoms with Gasteiger partial charge in [0, 0.05) is 17.8 Å². The number of hydrogen-bond acceptors (Lipinski definition) is 3. The van der Waals surface area contributed by atoms with Gasteiger partial charge in [0.25, 0.3) is 0 Å². The molecule has 0 aromatic rings. The van der Waals surface area contributed by atoms with E-state index >= 15 is 0 Å². The van der Waals surface area contributed by atoms with Gasteiger partial charge in [-0.2, -0.15) is 11.8 Å². The molecule has 15 heavy (non-hydrogen) atoms. The first-order chi connectivity index (χ1) is 7.35. The van der Waals surface area contributed by atoms with Gasteiger partial charge in [0.1, 0.15) is 0 Å². The van der Waals surface area contributed by atoms with E-state index in [0.29, 0.717) is 0 Å². The summed E-state index contributed by atoms with van der Waals surface area (Å²) in [6.07, 6.45) is 8.37. The molecule has 88 valence electrons. The molecule has 1 aliphatic carbocycles. The minimum absolute atomic E-state index is 0.270. The molecule has 1 saturated carbocycles. The van der Waals surface area contributed by atoms with E-state index in [1.54, 1.807) is 0 Å². The predicted octanol–water partition coefficient (Wildman–Crippen LogP) is 1.99. The number of thioether (sulfide) groups is 1. The van der Waals surface area contributed by atoms with E-state index in [2.05, 4.69) is 17.1 Å². The molecule has 2 nitrogen and oxygen atoms in total. The van der Waals surface area contributed by atoms with Gasteiger partial charge in [0.2, 0.25) is 0 Å². The molecule has 0 bridgehead atoms. The Morgan fingerprint density at radius 2 is 2.20 bits per heavy atom. The van der Waals surface area contributed by atoms with Gasteiger partial charge in [-0.25, -0.2) is 0 Å². The molecule has 0 aromatic carbocycles. The first-order valence-electron chi connectivity index (χ1n) is 6.37. The van der Waals surface area contributed by atoms with E-state index in [1.165, 1.54) is 56.6 Å². The van der Waals surface area contributed by atoms with Gasteiger partial charge < -0.3 is 11.1 Å². The fraction of sp³-hybridized carbons (Fsp3) is 1.00. The molecule has 1 saturated heterocycles. The van der Waals surface area contributed by atoms with E-state index in [4.69, 9.17) is 5.73 Å². The summed E-state index contributed by atoms with van der Waals surface area (Å²) in [6.45, 7) is 1.99. The summed E-state index contributed by atoms with van der Waals surface area (Å²) in [4.78, 5) is 0. The van der Waals surface area contributed by atoms with Gasteiger partial charge in [0.15, 0.2) is 0 Å². The van der Waals surface area contributed by atoms with Crippen LogP contribution in [0.5, 0.6) is 0 Å². The van der Waals surface area contributed by atoms with E-state index in [0.717, 1.165) is 12.5 Å². The molecule has 0 aromatic heterocycles. The minimum Gasteiger partial charge on any atom is -0.329 e. The van der Waals surface area contributed by atoms with Crippen LogP contribution in [-0.4, -0.2) is 30.1 Å². The summed E-state index contributed by atoms with van der Waals surface area (Å²) in [5.74, 6) is 3.56. The van der Waals surface area contributed by atoms with E-state index in [9.17, 15) is 0 Å². The normalized spacial score (nSPS) is 32.6. The molecule has 0 amide bonds. The summed E-state index contributed by atoms with van der Waals surface area (Å²) in [6, 6.07) is 0. The molecule has 1 aliphatic heterocycles. The van der Waals surface area contributed by atoms with Crippen LogP contribution in [0.25, 0.3) is 0 Å². The van der Waals surface area contributed by atoms with E-state index < -0.39 is 0 Å². The maximum atomic E-state index is 5.93. The van der Waals surface area contributed by atoms with Crippen LogP contribution < -0.4 is 11.1 Å². The molecule has 3 N–H and O–H groups in total. The third-order valence-corrected chi connectivity index (χ3v) is 5.32. The molecule has 1 atom stereocenters. The van der Waals surface area contributed by atoms with Crippen molar-refractivity contribution in [3.05, 3.63) is 0 Å². The Balaban J connectivity index is 1.69. The fourth-order valence-corrected chi connectivity index (χ4v) is 3.80. The molecule has 3 heteroatoms.